The summed E-state index contributed by atoms with van der Waals surface area (Å²) in [6, 6.07) is 10.4. The van der Waals surface area contributed by atoms with Crippen LogP contribution in [0, 0.1) is 21.4 Å². The average Bonchev–Trinajstić information content (AvgIpc) is 2.83. The predicted molar refractivity (Wildman–Crippen MR) is 84.1 cm³/mol. The molecule has 1 aliphatic rings. The van der Waals surface area contributed by atoms with Crippen molar-refractivity contribution in [1.82, 2.24) is 0 Å². The van der Waals surface area contributed by atoms with Crippen molar-refractivity contribution < 1.29 is 9.72 Å². The molecule has 0 bridgehead atoms. The van der Waals surface area contributed by atoms with Crippen molar-refractivity contribution >= 4 is 40.3 Å². The molecule has 1 N–H and O–H groups in total. The lowest BCUT2D eigenvalue weighted by Gasteiger charge is -2.01. The number of halogens is 1. The number of nitrogens with one attached hydrogen (secondary N) is 1. The number of amides is 1. The lowest BCUT2D eigenvalue weighted by atomic mass is 10.1. The number of carbonyl (C=O) groups excluding carboxylic acids is 1. The van der Waals surface area contributed by atoms with Crippen LogP contribution in [0.4, 0.5) is 17.1 Å². The number of nitrogens with zero attached hydrogens (tertiary/aromatic N) is 3. The third-order valence-corrected chi connectivity index (χ3v) is 3.48. The molecule has 0 unspecified atom stereocenters. The number of benzene rings is 2. The fourth-order valence-electron chi connectivity index (χ4n) is 2.18. The van der Waals surface area contributed by atoms with Crippen LogP contribution in [0.3, 0.4) is 0 Å². The van der Waals surface area contributed by atoms with Crippen LogP contribution in [0.2, 0.25) is 5.02 Å². The van der Waals surface area contributed by atoms with E-state index in [1.54, 1.807) is 0 Å². The van der Waals surface area contributed by atoms with E-state index >= 15 is 0 Å². The zero-order valence-corrected chi connectivity index (χ0v) is 12.2. The van der Waals surface area contributed by atoms with Gasteiger partial charge in [0.15, 0.2) is 0 Å². The minimum Gasteiger partial charge on any atom is -0.320 e. The molecular formula is C15H7ClN4O3. The second-order valence-corrected chi connectivity index (χ2v) is 5.11. The molecule has 0 aromatic heterocycles. The number of aliphatic imine (C=N–C) groups is 1. The van der Waals surface area contributed by atoms with E-state index in [-0.39, 0.29) is 22.6 Å². The number of nitriles is 1. The highest BCUT2D eigenvalue weighted by Gasteiger charge is 2.28. The molecule has 0 atom stereocenters. The molecule has 0 saturated heterocycles. The average molecular weight is 327 g/mol. The summed E-state index contributed by atoms with van der Waals surface area (Å²) in [7, 11) is 0. The molecule has 0 fully saturated rings. The Bertz CT molecular complexity index is 931. The number of nitro groups is 1. The van der Waals surface area contributed by atoms with Crippen LogP contribution in [0.15, 0.2) is 41.4 Å². The van der Waals surface area contributed by atoms with Crippen LogP contribution in [-0.4, -0.2) is 16.5 Å². The van der Waals surface area contributed by atoms with Gasteiger partial charge in [0.2, 0.25) is 0 Å². The summed E-state index contributed by atoms with van der Waals surface area (Å²) in [5, 5.41) is 22.9. The van der Waals surface area contributed by atoms with Gasteiger partial charge in [0.1, 0.15) is 11.8 Å². The Labute approximate surface area is 135 Å². The van der Waals surface area contributed by atoms with Crippen LogP contribution in [0.1, 0.15) is 11.1 Å². The van der Waals surface area contributed by atoms with Gasteiger partial charge in [-0.15, -0.1) is 0 Å². The maximum atomic E-state index is 12.1. The zero-order chi connectivity index (χ0) is 16.6. The lowest BCUT2D eigenvalue weighted by molar-refractivity contribution is -0.384. The second-order valence-electron chi connectivity index (χ2n) is 4.67. The number of rotatable bonds is 2. The van der Waals surface area contributed by atoms with E-state index in [0.29, 0.717) is 16.3 Å². The first-order chi connectivity index (χ1) is 11.0. The first kappa shape index (κ1) is 14.7. The molecule has 1 amide bonds. The van der Waals surface area contributed by atoms with E-state index in [1.807, 2.05) is 6.07 Å². The Morgan fingerprint density at radius 2 is 2.04 bits per heavy atom. The van der Waals surface area contributed by atoms with Gasteiger partial charge >= 0.3 is 0 Å². The summed E-state index contributed by atoms with van der Waals surface area (Å²) in [5.41, 5.74) is 1.06. The Morgan fingerprint density at radius 1 is 1.26 bits per heavy atom. The molecule has 0 saturated carbocycles. The smallest absolute Gasteiger partial charge is 0.275 e. The monoisotopic (exact) mass is 326 g/mol. The van der Waals surface area contributed by atoms with Crippen molar-refractivity contribution in [3.05, 3.63) is 62.7 Å². The highest BCUT2D eigenvalue weighted by atomic mass is 35.5. The molecule has 7 nitrogen and oxygen atoms in total. The summed E-state index contributed by atoms with van der Waals surface area (Å²) in [5.74, 6) is -0.496. The molecule has 3 rings (SSSR count). The van der Waals surface area contributed by atoms with E-state index in [1.165, 1.54) is 36.4 Å². The second kappa shape index (κ2) is 5.51. The summed E-state index contributed by atoms with van der Waals surface area (Å²) < 4.78 is 0. The van der Waals surface area contributed by atoms with E-state index in [2.05, 4.69) is 10.3 Å². The summed E-state index contributed by atoms with van der Waals surface area (Å²) in [6.07, 6.45) is 0. The summed E-state index contributed by atoms with van der Waals surface area (Å²) in [4.78, 5) is 26.6. The van der Waals surface area contributed by atoms with Gasteiger partial charge in [-0.3, -0.25) is 14.9 Å². The van der Waals surface area contributed by atoms with Crippen LogP contribution in [0.25, 0.3) is 0 Å². The maximum absolute atomic E-state index is 12.1. The minimum atomic E-state index is -0.555. The van der Waals surface area contributed by atoms with Crippen molar-refractivity contribution in [2.24, 2.45) is 4.99 Å². The lowest BCUT2D eigenvalue weighted by Crippen LogP contribution is -2.14. The normalized spacial score (nSPS) is 14.3. The van der Waals surface area contributed by atoms with Gasteiger partial charge in [-0.2, -0.15) is 5.26 Å². The molecule has 8 heteroatoms. The Hall–Kier alpha value is -3.24. The SMILES string of the molecule is N#Cc1ccc(Cl)cc1N=C1C(=O)Nc2ccc([N+](=O)[O-])cc21. The Balaban J connectivity index is 2.17. The van der Waals surface area contributed by atoms with Crippen LogP contribution >= 0.6 is 11.6 Å². The molecule has 23 heavy (non-hydrogen) atoms. The fourth-order valence-corrected chi connectivity index (χ4v) is 2.34. The van der Waals surface area contributed by atoms with Crippen LogP contribution in [0.5, 0.6) is 0 Å². The molecule has 0 radical (unpaired) electrons. The summed E-state index contributed by atoms with van der Waals surface area (Å²) in [6.45, 7) is 0. The van der Waals surface area contributed by atoms with Crippen molar-refractivity contribution in [2.45, 2.75) is 0 Å². The molecular weight excluding hydrogens is 320 g/mol. The van der Waals surface area contributed by atoms with E-state index in [0.717, 1.165) is 0 Å². The number of nitro benzene ring substituents is 1. The molecule has 0 spiro atoms. The van der Waals surface area contributed by atoms with Crippen molar-refractivity contribution in [1.29, 1.82) is 5.26 Å². The minimum absolute atomic E-state index is 0.00228. The molecule has 2 aromatic carbocycles. The topological polar surface area (TPSA) is 108 Å². The van der Waals surface area contributed by atoms with Crippen LogP contribution < -0.4 is 5.32 Å². The van der Waals surface area contributed by atoms with E-state index in [4.69, 9.17) is 16.9 Å². The van der Waals surface area contributed by atoms with Gasteiger partial charge in [-0.25, -0.2) is 4.99 Å². The highest BCUT2D eigenvalue weighted by Crippen LogP contribution is 2.31. The number of fused-ring (bicyclic) bond motifs is 1. The molecule has 1 heterocycles. The highest BCUT2D eigenvalue weighted by molar-refractivity contribution is 6.54. The molecule has 112 valence electrons. The first-order valence-electron chi connectivity index (χ1n) is 6.38. The van der Waals surface area contributed by atoms with Gasteiger partial charge in [-0.05, 0) is 24.3 Å². The van der Waals surface area contributed by atoms with E-state index < -0.39 is 10.8 Å². The van der Waals surface area contributed by atoms with Gasteiger partial charge in [0.25, 0.3) is 11.6 Å². The quantitative estimate of drug-likeness (QED) is 0.675. The third-order valence-electron chi connectivity index (χ3n) is 3.24. The van der Waals surface area contributed by atoms with Crippen molar-refractivity contribution in [2.75, 3.05) is 5.32 Å². The van der Waals surface area contributed by atoms with Crippen LogP contribution in [-0.2, 0) is 4.79 Å². The third kappa shape index (κ3) is 2.63. The number of hydrogen-bond donors (Lipinski definition) is 1. The number of anilines is 1. The standard InChI is InChI=1S/C15H7ClN4O3/c16-9-2-1-8(7-17)13(5-9)18-14-11-6-10(20(22)23)3-4-12(11)19-15(14)21/h1-6H,(H,18,19,21). The number of carbonyl (C=O) groups is 1. The van der Waals surface area contributed by atoms with E-state index in [9.17, 15) is 14.9 Å². The number of non-ortho nitro benzene ring substituents is 1. The van der Waals surface area contributed by atoms with Gasteiger partial charge in [0.05, 0.1) is 21.9 Å². The van der Waals surface area contributed by atoms with Gasteiger partial charge in [0, 0.05) is 22.7 Å². The first-order valence-corrected chi connectivity index (χ1v) is 6.76. The summed E-state index contributed by atoms with van der Waals surface area (Å²) >= 11 is 5.89. The Morgan fingerprint density at radius 3 is 2.74 bits per heavy atom. The number of hydrogen-bond acceptors (Lipinski definition) is 5. The Kier molecular flexibility index (Phi) is 3.52. The van der Waals surface area contributed by atoms with Crippen molar-refractivity contribution in [3.8, 4) is 6.07 Å². The predicted octanol–water partition coefficient (Wildman–Crippen LogP) is 3.19. The maximum Gasteiger partial charge on any atom is 0.275 e. The molecule has 0 aliphatic carbocycles. The van der Waals surface area contributed by atoms with Gasteiger partial charge in [-0.1, -0.05) is 11.6 Å². The van der Waals surface area contributed by atoms with Gasteiger partial charge < -0.3 is 5.32 Å². The zero-order valence-electron chi connectivity index (χ0n) is 11.4. The van der Waals surface area contributed by atoms with Crippen molar-refractivity contribution in [3.63, 3.8) is 0 Å². The largest absolute Gasteiger partial charge is 0.320 e. The fraction of sp³-hybridized carbons (Fsp3) is 0. The molecule has 1 aliphatic heterocycles. The molecule has 2 aromatic rings.